The molecular formula is C12H25N3O2. The van der Waals surface area contributed by atoms with Crippen LogP contribution in [-0.2, 0) is 9.53 Å². The molecule has 1 amide bonds. The Morgan fingerprint density at radius 3 is 2.94 bits per heavy atom. The lowest BCUT2D eigenvalue weighted by atomic mass is 9.77. The Balaban J connectivity index is 2.36. The molecule has 17 heavy (non-hydrogen) atoms. The fraction of sp³-hybridized carbons (Fsp3) is 0.917. The van der Waals surface area contributed by atoms with E-state index in [2.05, 4.69) is 24.5 Å². The van der Waals surface area contributed by atoms with Crippen molar-refractivity contribution in [2.75, 3.05) is 26.8 Å². The molecule has 5 heteroatoms. The first kappa shape index (κ1) is 14.4. The van der Waals surface area contributed by atoms with E-state index in [-0.39, 0.29) is 17.9 Å². The van der Waals surface area contributed by atoms with E-state index in [1.165, 1.54) is 12.8 Å². The van der Waals surface area contributed by atoms with Crippen molar-refractivity contribution in [2.45, 2.75) is 38.8 Å². The highest BCUT2D eigenvalue weighted by Crippen LogP contribution is 2.29. The van der Waals surface area contributed by atoms with E-state index in [0.29, 0.717) is 12.6 Å². The predicted molar refractivity (Wildman–Crippen MR) is 67.7 cm³/mol. The molecule has 5 nitrogen and oxygen atoms in total. The van der Waals surface area contributed by atoms with E-state index < -0.39 is 6.04 Å². The second-order valence-corrected chi connectivity index (χ2v) is 5.41. The second-order valence-electron chi connectivity index (χ2n) is 5.41. The Morgan fingerprint density at radius 2 is 2.35 bits per heavy atom. The lowest BCUT2D eigenvalue weighted by Crippen LogP contribution is -2.55. The number of rotatable bonds is 5. The van der Waals surface area contributed by atoms with Crippen LogP contribution in [0.3, 0.4) is 0 Å². The number of carbonyl (C=O) groups is 1. The lowest BCUT2D eigenvalue weighted by Gasteiger charge is -2.39. The second kappa shape index (κ2) is 6.33. The summed E-state index contributed by atoms with van der Waals surface area (Å²) in [6, 6.07) is -0.262. The number of ether oxygens (including phenoxy) is 1. The monoisotopic (exact) mass is 243 g/mol. The van der Waals surface area contributed by atoms with Gasteiger partial charge in [0.1, 0.15) is 6.04 Å². The van der Waals surface area contributed by atoms with Gasteiger partial charge in [0.05, 0.1) is 6.61 Å². The minimum atomic E-state index is -0.577. The molecule has 1 saturated heterocycles. The summed E-state index contributed by atoms with van der Waals surface area (Å²) >= 11 is 0. The Kier molecular flexibility index (Phi) is 5.36. The zero-order valence-corrected chi connectivity index (χ0v) is 11.1. The maximum atomic E-state index is 11.6. The molecule has 1 fully saturated rings. The molecular weight excluding hydrogens is 218 g/mol. The van der Waals surface area contributed by atoms with E-state index in [1.807, 2.05) is 0 Å². The molecule has 2 unspecified atom stereocenters. The molecule has 0 aliphatic carbocycles. The minimum absolute atomic E-state index is 0.143. The van der Waals surface area contributed by atoms with Crippen LogP contribution in [-0.4, -0.2) is 44.8 Å². The van der Waals surface area contributed by atoms with E-state index >= 15 is 0 Å². The number of carbonyl (C=O) groups excluding carboxylic acids is 1. The summed E-state index contributed by atoms with van der Waals surface area (Å²) < 4.78 is 4.86. The van der Waals surface area contributed by atoms with Crippen molar-refractivity contribution in [1.82, 2.24) is 10.6 Å². The first-order valence-electron chi connectivity index (χ1n) is 6.23. The van der Waals surface area contributed by atoms with Gasteiger partial charge in [-0.25, -0.2) is 0 Å². The summed E-state index contributed by atoms with van der Waals surface area (Å²) in [7, 11) is 1.54. The van der Waals surface area contributed by atoms with Crippen LogP contribution in [0.4, 0.5) is 0 Å². The third kappa shape index (κ3) is 4.26. The van der Waals surface area contributed by atoms with Crippen LogP contribution in [0.15, 0.2) is 0 Å². The van der Waals surface area contributed by atoms with Gasteiger partial charge in [-0.15, -0.1) is 0 Å². The number of piperidine rings is 1. The summed E-state index contributed by atoms with van der Waals surface area (Å²) in [5, 5.41) is 6.33. The first-order chi connectivity index (χ1) is 7.97. The largest absolute Gasteiger partial charge is 0.383 e. The third-order valence-electron chi connectivity index (χ3n) is 3.50. The van der Waals surface area contributed by atoms with Crippen LogP contribution in [0, 0.1) is 5.41 Å². The number of nitrogens with one attached hydrogen (secondary N) is 2. The van der Waals surface area contributed by atoms with Gasteiger partial charge < -0.3 is 21.1 Å². The van der Waals surface area contributed by atoms with Crippen LogP contribution in [0.25, 0.3) is 0 Å². The topological polar surface area (TPSA) is 76.4 Å². The molecule has 0 spiro atoms. The van der Waals surface area contributed by atoms with Crippen molar-refractivity contribution < 1.29 is 9.53 Å². The van der Waals surface area contributed by atoms with Crippen molar-refractivity contribution >= 4 is 5.91 Å². The summed E-state index contributed by atoms with van der Waals surface area (Å²) in [6.45, 7) is 6.36. The normalized spacial score (nSPS) is 25.3. The highest BCUT2D eigenvalue weighted by atomic mass is 16.5. The Morgan fingerprint density at radius 1 is 1.65 bits per heavy atom. The van der Waals surface area contributed by atoms with Gasteiger partial charge in [0.15, 0.2) is 0 Å². The van der Waals surface area contributed by atoms with E-state index in [1.54, 1.807) is 7.11 Å². The highest BCUT2D eigenvalue weighted by Gasteiger charge is 2.32. The molecule has 1 aliphatic rings. The van der Waals surface area contributed by atoms with Crippen LogP contribution < -0.4 is 16.4 Å². The maximum absolute atomic E-state index is 11.6. The summed E-state index contributed by atoms with van der Waals surface area (Å²) in [5.74, 6) is -0.143. The van der Waals surface area contributed by atoms with E-state index in [0.717, 1.165) is 6.54 Å². The molecule has 0 bridgehead atoms. The molecule has 0 radical (unpaired) electrons. The van der Waals surface area contributed by atoms with Gasteiger partial charge in [-0.1, -0.05) is 13.8 Å². The molecule has 2 atom stereocenters. The lowest BCUT2D eigenvalue weighted by molar-refractivity contribution is -0.123. The van der Waals surface area contributed by atoms with Crippen LogP contribution in [0.1, 0.15) is 26.7 Å². The minimum Gasteiger partial charge on any atom is -0.383 e. The molecule has 1 aliphatic heterocycles. The van der Waals surface area contributed by atoms with Crippen LogP contribution in [0.2, 0.25) is 0 Å². The zero-order valence-electron chi connectivity index (χ0n) is 11.1. The molecule has 4 N–H and O–H groups in total. The molecule has 0 aromatic rings. The van der Waals surface area contributed by atoms with Crippen molar-refractivity contribution in [3.8, 4) is 0 Å². The number of amides is 1. The van der Waals surface area contributed by atoms with Crippen molar-refractivity contribution in [2.24, 2.45) is 11.1 Å². The maximum Gasteiger partial charge on any atom is 0.239 e. The first-order valence-corrected chi connectivity index (χ1v) is 6.23. The highest BCUT2D eigenvalue weighted by molar-refractivity contribution is 5.81. The smallest absolute Gasteiger partial charge is 0.239 e. The Hall–Kier alpha value is -0.650. The molecule has 0 saturated carbocycles. The van der Waals surface area contributed by atoms with Gasteiger partial charge in [-0.3, -0.25) is 4.79 Å². The van der Waals surface area contributed by atoms with Gasteiger partial charge in [0.25, 0.3) is 0 Å². The summed E-state index contributed by atoms with van der Waals surface area (Å²) in [4.78, 5) is 11.6. The Bertz CT molecular complexity index is 256. The summed E-state index contributed by atoms with van der Waals surface area (Å²) in [5.41, 5.74) is 5.87. The number of nitrogens with two attached hydrogens (primary N) is 1. The number of hydrogen-bond acceptors (Lipinski definition) is 4. The van der Waals surface area contributed by atoms with Crippen molar-refractivity contribution in [3.05, 3.63) is 0 Å². The quantitative estimate of drug-likeness (QED) is 0.628. The standard InChI is InChI=1S/C12H25N3O2/c1-12(2)5-4-6-14-10(12)7-15-11(16)9(13)8-17-3/h9-10,14H,4-8,13H2,1-3H3,(H,15,16). The fourth-order valence-electron chi connectivity index (χ4n) is 2.21. The van der Waals surface area contributed by atoms with Gasteiger partial charge in [-0.2, -0.15) is 0 Å². The van der Waals surface area contributed by atoms with Gasteiger partial charge in [-0.05, 0) is 24.8 Å². The molecule has 1 rings (SSSR count). The molecule has 100 valence electrons. The molecule has 1 heterocycles. The van der Waals surface area contributed by atoms with Gasteiger partial charge in [0, 0.05) is 19.7 Å². The van der Waals surface area contributed by atoms with Crippen molar-refractivity contribution in [3.63, 3.8) is 0 Å². The van der Waals surface area contributed by atoms with Gasteiger partial charge >= 0.3 is 0 Å². The van der Waals surface area contributed by atoms with E-state index in [4.69, 9.17) is 10.5 Å². The summed E-state index contributed by atoms with van der Waals surface area (Å²) in [6.07, 6.45) is 2.38. The number of methoxy groups -OCH3 is 1. The van der Waals surface area contributed by atoms with Crippen LogP contribution >= 0.6 is 0 Å². The predicted octanol–water partition coefficient (Wildman–Crippen LogP) is -0.145. The van der Waals surface area contributed by atoms with Crippen LogP contribution in [0.5, 0.6) is 0 Å². The average molecular weight is 243 g/mol. The average Bonchev–Trinajstić information content (AvgIpc) is 2.27. The fourth-order valence-corrected chi connectivity index (χ4v) is 2.21. The SMILES string of the molecule is COCC(N)C(=O)NCC1NCCCC1(C)C. The van der Waals surface area contributed by atoms with Crippen molar-refractivity contribution in [1.29, 1.82) is 0 Å². The zero-order chi connectivity index (χ0) is 12.9. The molecule has 0 aromatic carbocycles. The molecule has 0 aromatic heterocycles. The van der Waals surface area contributed by atoms with E-state index in [9.17, 15) is 4.79 Å². The van der Waals surface area contributed by atoms with Gasteiger partial charge in [0.2, 0.25) is 5.91 Å². The third-order valence-corrected chi connectivity index (χ3v) is 3.50. The Labute approximate surface area is 103 Å². The number of hydrogen-bond donors (Lipinski definition) is 3.